The molecule has 0 radical (unpaired) electrons. The van der Waals surface area contributed by atoms with Gasteiger partial charge >= 0.3 is 0 Å². The van der Waals surface area contributed by atoms with Crippen LogP contribution in [0.5, 0.6) is 0 Å². The SMILES string of the molecule is Cc1cnc(N2CCN(C3CCCC3)CC2)cc1N. The summed E-state index contributed by atoms with van der Waals surface area (Å²) in [6.07, 6.45) is 7.52. The monoisotopic (exact) mass is 260 g/mol. The van der Waals surface area contributed by atoms with E-state index in [0.29, 0.717) is 0 Å². The summed E-state index contributed by atoms with van der Waals surface area (Å²) in [4.78, 5) is 9.54. The number of hydrogen-bond acceptors (Lipinski definition) is 4. The van der Waals surface area contributed by atoms with Crippen molar-refractivity contribution in [2.24, 2.45) is 0 Å². The van der Waals surface area contributed by atoms with Crippen molar-refractivity contribution in [1.82, 2.24) is 9.88 Å². The lowest BCUT2D eigenvalue weighted by Gasteiger charge is -2.38. The van der Waals surface area contributed by atoms with E-state index in [1.165, 1.54) is 38.8 Å². The van der Waals surface area contributed by atoms with E-state index in [-0.39, 0.29) is 0 Å². The lowest BCUT2D eigenvalue weighted by Crippen LogP contribution is -2.50. The van der Waals surface area contributed by atoms with Crippen molar-refractivity contribution in [3.8, 4) is 0 Å². The van der Waals surface area contributed by atoms with E-state index in [1.54, 1.807) is 0 Å². The van der Waals surface area contributed by atoms with Crippen molar-refractivity contribution in [2.75, 3.05) is 36.8 Å². The van der Waals surface area contributed by atoms with Crippen molar-refractivity contribution < 1.29 is 0 Å². The van der Waals surface area contributed by atoms with Crippen molar-refractivity contribution >= 4 is 11.5 Å². The second kappa shape index (κ2) is 5.37. The minimum atomic E-state index is 0.846. The number of piperazine rings is 1. The first-order valence-corrected chi connectivity index (χ1v) is 7.45. The van der Waals surface area contributed by atoms with E-state index in [9.17, 15) is 0 Å². The normalized spacial score (nSPS) is 22.1. The summed E-state index contributed by atoms with van der Waals surface area (Å²) in [7, 11) is 0. The minimum Gasteiger partial charge on any atom is -0.398 e. The highest BCUT2D eigenvalue weighted by Gasteiger charge is 2.26. The van der Waals surface area contributed by atoms with Gasteiger partial charge in [-0.15, -0.1) is 0 Å². The summed E-state index contributed by atoms with van der Waals surface area (Å²) in [5.74, 6) is 1.04. The highest BCUT2D eigenvalue weighted by molar-refractivity contribution is 5.54. The molecule has 2 aliphatic rings. The molecule has 4 heteroatoms. The van der Waals surface area contributed by atoms with Gasteiger partial charge in [-0.2, -0.15) is 0 Å². The fourth-order valence-corrected chi connectivity index (χ4v) is 3.29. The van der Waals surface area contributed by atoms with Crippen LogP contribution in [0.4, 0.5) is 11.5 Å². The Kier molecular flexibility index (Phi) is 3.60. The first-order chi connectivity index (χ1) is 9.24. The molecule has 1 aromatic heterocycles. The van der Waals surface area contributed by atoms with Gasteiger partial charge in [0.1, 0.15) is 5.82 Å². The number of hydrogen-bond donors (Lipinski definition) is 1. The molecule has 3 rings (SSSR count). The Morgan fingerprint density at radius 2 is 1.84 bits per heavy atom. The molecule has 0 spiro atoms. The predicted molar refractivity (Wildman–Crippen MR) is 79.4 cm³/mol. The third-order valence-electron chi connectivity index (χ3n) is 4.61. The van der Waals surface area contributed by atoms with Crippen molar-refractivity contribution in [2.45, 2.75) is 38.6 Å². The second-order valence-corrected chi connectivity index (χ2v) is 5.86. The standard InChI is InChI=1S/C15H24N4/c1-12-11-17-15(10-14(12)16)19-8-6-18(7-9-19)13-4-2-3-5-13/h10-11,13H,2-9H2,1H3,(H2,16,17). The van der Waals surface area contributed by atoms with E-state index in [1.807, 2.05) is 19.2 Å². The highest BCUT2D eigenvalue weighted by atomic mass is 15.3. The van der Waals surface area contributed by atoms with Crippen LogP contribution in [-0.2, 0) is 0 Å². The quantitative estimate of drug-likeness (QED) is 0.884. The molecule has 0 aromatic carbocycles. The Morgan fingerprint density at radius 3 is 2.47 bits per heavy atom. The van der Waals surface area contributed by atoms with E-state index in [4.69, 9.17) is 5.73 Å². The fraction of sp³-hybridized carbons (Fsp3) is 0.667. The Labute approximate surface area is 115 Å². The van der Waals surface area contributed by atoms with E-state index in [0.717, 1.165) is 36.2 Å². The molecule has 0 amide bonds. The molecule has 1 aliphatic heterocycles. The summed E-state index contributed by atoms with van der Waals surface area (Å²) >= 11 is 0. The molecule has 0 atom stereocenters. The van der Waals surface area contributed by atoms with Crippen LogP contribution in [0, 0.1) is 6.92 Å². The van der Waals surface area contributed by atoms with Gasteiger partial charge < -0.3 is 10.6 Å². The van der Waals surface area contributed by atoms with Gasteiger partial charge in [-0.05, 0) is 25.3 Å². The summed E-state index contributed by atoms with van der Waals surface area (Å²) in [6.45, 7) is 6.49. The second-order valence-electron chi connectivity index (χ2n) is 5.86. The lowest BCUT2D eigenvalue weighted by molar-refractivity contribution is 0.187. The Hall–Kier alpha value is -1.29. The van der Waals surface area contributed by atoms with Gasteiger partial charge in [-0.25, -0.2) is 4.98 Å². The van der Waals surface area contributed by atoms with Gasteiger partial charge in [0.05, 0.1) is 0 Å². The number of nitrogens with two attached hydrogens (primary N) is 1. The van der Waals surface area contributed by atoms with Crippen LogP contribution in [0.25, 0.3) is 0 Å². The molecule has 1 aromatic rings. The predicted octanol–water partition coefficient (Wildman–Crippen LogP) is 2.04. The van der Waals surface area contributed by atoms with Crippen LogP contribution in [-0.4, -0.2) is 42.1 Å². The molecule has 19 heavy (non-hydrogen) atoms. The summed E-state index contributed by atoms with van der Waals surface area (Å²) in [5, 5.41) is 0. The number of aryl methyl sites for hydroxylation is 1. The Morgan fingerprint density at radius 1 is 1.16 bits per heavy atom. The average molecular weight is 260 g/mol. The van der Waals surface area contributed by atoms with Crippen molar-refractivity contribution in [1.29, 1.82) is 0 Å². The topological polar surface area (TPSA) is 45.4 Å². The van der Waals surface area contributed by atoms with Crippen LogP contribution in [0.1, 0.15) is 31.2 Å². The third-order valence-corrected chi connectivity index (χ3v) is 4.61. The Balaban J connectivity index is 1.61. The number of nitrogens with zero attached hydrogens (tertiary/aromatic N) is 3. The van der Waals surface area contributed by atoms with Crippen molar-refractivity contribution in [3.63, 3.8) is 0 Å². The average Bonchev–Trinajstić information content (AvgIpc) is 2.96. The zero-order valence-electron chi connectivity index (χ0n) is 11.8. The van der Waals surface area contributed by atoms with Crippen LogP contribution < -0.4 is 10.6 Å². The molecule has 104 valence electrons. The molecule has 2 N–H and O–H groups in total. The van der Waals surface area contributed by atoms with Crippen LogP contribution in [0.3, 0.4) is 0 Å². The molecule has 4 nitrogen and oxygen atoms in total. The molecular formula is C15H24N4. The summed E-state index contributed by atoms with van der Waals surface area (Å²) < 4.78 is 0. The summed E-state index contributed by atoms with van der Waals surface area (Å²) in [6, 6.07) is 2.86. The maximum Gasteiger partial charge on any atom is 0.130 e. The number of aromatic nitrogens is 1. The molecule has 1 aliphatic carbocycles. The van der Waals surface area contributed by atoms with E-state index >= 15 is 0 Å². The molecular weight excluding hydrogens is 236 g/mol. The number of rotatable bonds is 2. The highest BCUT2D eigenvalue weighted by Crippen LogP contribution is 2.25. The first kappa shape index (κ1) is 12.7. The number of pyridine rings is 1. The molecule has 2 heterocycles. The largest absolute Gasteiger partial charge is 0.398 e. The zero-order valence-corrected chi connectivity index (χ0v) is 11.8. The molecule has 1 saturated carbocycles. The molecule has 0 unspecified atom stereocenters. The van der Waals surface area contributed by atoms with E-state index in [2.05, 4.69) is 14.8 Å². The third kappa shape index (κ3) is 2.68. The maximum absolute atomic E-state index is 5.98. The van der Waals surface area contributed by atoms with Gasteiger partial charge in [0.15, 0.2) is 0 Å². The fourth-order valence-electron chi connectivity index (χ4n) is 3.29. The van der Waals surface area contributed by atoms with Gasteiger partial charge in [0.2, 0.25) is 0 Å². The number of nitrogen functional groups attached to an aromatic ring is 1. The lowest BCUT2D eigenvalue weighted by atomic mass is 10.1. The smallest absolute Gasteiger partial charge is 0.130 e. The zero-order chi connectivity index (χ0) is 13.2. The van der Waals surface area contributed by atoms with Crippen molar-refractivity contribution in [3.05, 3.63) is 17.8 Å². The Bertz CT molecular complexity index is 432. The molecule has 0 bridgehead atoms. The van der Waals surface area contributed by atoms with Gasteiger partial charge in [-0.3, -0.25) is 4.90 Å². The summed E-state index contributed by atoms with van der Waals surface area (Å²) in [5.41, 5.74) is 7.89. The van der Waals surface area contributed by atoms with Gasteiger partial charge in [0.25, 0.3) is 0 Å². The maximum atomic E-state index is 5.98. The van der Waals surface area contributed by atoms with Gasteiger partial charge in [0, 0.05) is 50.2 Å². The minimum absolute atomic E-state index is 0.846. The van der Waals surface area contributed by atoms with Crippen LogP contribution in [0.15, 0.2) is 12.3 Å². The van der Waals surface area contributed by atoms with Gasteiger partial charge in [-0.1, -0.05) is 12.8 Å². The molecule has 2 fully saturated rings. The van der Waals surface area contributed by atoms with Crippen LogP contribution in [0.2, 0.25) is 0 Å². The molecule has 1 saturated heterocycles. The van der Waals surface area contributed by atoms with E-state index < -0.39 is 0 Å². The first-order valence-electron chi connectivity index (χ1n) is 7.45. The number of anilines is 2. The van der Waals surface area contributed by atoms with Crippen LogP contribution >= 0.6 is 0 Å².